The Labute approximate surface area is 115 Å². The Morgan fingerprint density at radius 3 is 2.95 bits per heavy atom. The Bertz CT molecular complexity index is 605. The van der Waals surface area contributed by atoms with Crippen molar-refractivity contribution in [1.82, 2.24) is 4.98 Å². The van der Waals surface area contributed by atoms with Crippen LogP contribution < -0.4 is 10.1 Å². The summed E-state index contributed by atoms with van der Waals surface area (Å²) in [5.41, 5.74) is 1.04. The molecular weight excluding hydrogens is 264 g/mol. The molecule has 4 nitrogen and oxygen atoms in total. The van der Waals surface area contributed by atoms with Gasteiger partial charge >= 0.3 is 0 Å². The van der Waals surface area contributed by atoms with Gasteiger partial charge in [0.25, 0.3) is 5.91 Å². The summed E-state index contributed by atoms with van der Waals surface area (Å²) in [5.74, 6) is 0.875. The highest BCUT2D eigenvalue weighted by Gasteiger charge is 2.29. The van der Waals surface area contributed by atoms with Gasteiger partial charge in [0.2, 0.25) is 0 Å². The lowest BCUT2D eigenvalue weighted by Crippen LogP contribution is -2.31. The number of rotatable bonds is 2. The minimum atomic E-state index is -0.532. The normalized spacial score (nSPS) is 16.6. The third kappa shape index (κ3) is 2.39. The minimum absolute atomic E-state index is 0.239. The third-order valence-corrected chi connectivity index (χ3v) is 3.24. The summed E-state index contributed by atoms with van der Waals surface area (Å²) in [4.78, 5) is 16.1. The molecule has 0 bridgehead atoms. The van der Waals surface area contributed by atoms with Gasteiger partial charge in [-0.05, 0) is 23.8 Å². The number of carbonyl (C=O) groups excluding carboxylic acids is 1. The molecule has 3 rings (SSSR count). The number of halogens is 1. The molecule has 19 heavy (non-hydrogen) atoms. The summed E-state index contributed by atoms with van der Waals surface area (Å²) in [6.07, 6.45) is 1.61. The van der Waals surface area contributed by atoms with Gasteiger partial charge in [-0.2, -0.15) is 0 Å². The van der Waals surface area contributed by atoms with Crippen LogP contribution >= 0.6 is 11.6 Å². The number of aromatic nitrogens is 1. The van der Waals surface area contributed by atoms with E-state index in [1.165, 1.54) is 0 Å². The number of carbonyl (C=O) groups is 1. The molecule has 0 aliphatic carbocycles. The van der Waals surface area contributed by atoms with Crippen LogP contribution in [0.5, 0.6) is 5.75 Å². The van der Waals surface area contributed by atoms with Gasteiger partial charge in [-0.3, -0.25) is 4.79 Å². The molecule has 1 aliphatic rings. The third-order valence-electron chi connectivity index (χ3n) is 2.94. The topological polar surface area (TPSA) is 51.2 Å². The Hall–Kier alpha value is -2.07. The number of hydrogen-bond acceptors (Lipinski definition) is 3. The second kappa shape index (κ2) is 4.90. The molecule has 96 valence electrons. The van der Waals surface area contributed by atoms with Crippen molar-refractivity contribution in [1.29, 1.82) is 0 Å². The van der Waals surface area contributed by atoms with E-state index in [4.69, 9.17) is 16.3 Å². The number of benzene rings is 1. The first-order valence-corrected chi connectivity index (χ1v) is 6.28. The van der Waals surface area contributed by atoms with Crippen molar-refractivity contribution in [3.8, 4) is 5.75 Å². The van der Waals surface area contributed by atoms with E-state index in [2.05, 4.69) is 10.3 Å². The number of nitrogens with one attached hydrogen (secondary N) is 1. The maximum absolute atomic E-state index is 12.1. The molecule has 1 N–H and O–H groups in total. The van der Waals surface area contributed by atoms with E-state index >= 15 is 0 Å². The molecule has 1 aromatic heterocycles. The molecule has 2 aromatic rings. The van der Waals surface area contributed by atoms with Crippen molar-refractivity contribution in [2.75, 3.05) is 5.32 Å². The zero-order valence-corrected chi connectivity index (χ0v) is 10.7. The second-order valence-electron chi connectivity index (χ2n) is 4.24. The first kappa shape index (κ1) is 12.0. The monoisotopic (exact) mass is 274 g/mol. The number of fused-ring (bicyclic) bond motifs is 1. The van der Waals surface area contributed by atoms with Crippen LogP contribution in [0.15, 0.2) is 42.6 Å². The fourth-order valence-corrected chi connectivity index (χ4v) is 2.17. The van der Waals surface area contributed by atoms with E-state index < -0.39 is 6.10 Å². The number of nitrogens with zero attached hydrogens (tertiary/aromatic N) is 1. The van der Waals surface area contributed by atoms with Crippen LogP contribution in [0.2, 0.25) is 5.02 Å². The largest absolute Gasteiger partial charge is 0.480 e. The molecule has 1 amide bonds. The van der Waals surface area contributed by atoms with E-state index in [-0.39, 0.29) is 5.91 Å². The van der Waals surface area contributed by atoms with Gasteiger partial charge in [-0.1, -0.05) is 29.8 Å². The van der Waals surface area contributed by atoms with Crippen molar-refractivity contribution < 1.29 is 9.53 Å². The molecule has 0 saturated heterocycles. The standard InChI is InChI=1S/C14H11ClN2O2/c15-10-5-3-7-16-13(10)17-14(18)12-8-9-4-1-2-6-11(9)19-12/h1-7,12H,8H2,(H,16,17,18). The Morgan fingerprint density at radius 1 is 1.32 bits per heavy atom. The van der Waals surface area contributed by atoms with Crippen molar-refractivity contribution in [3.05, 3.63) is 53.2 Å². The van der Waals surface area contributed by atoms with Gasteiger partial charge in [0, 0.05) is 12.6 Å². The number of anilines is 1. The molecule has 0 spiro atoms. The first-order valence-electron chi connectivity index (χ1n) is 5.90. The fourth-order valence-electron chi connectivity index (χ4n) is 2.00. The van der Waals surface area contributed by atoms with E-state index in [9.17, 15) is 4.79 Å². The van der Waals surface area contributed by atoms with Crippen LogP contribution in [0.25, 0.3) is 0 Å². The average molecular weight is 275 g/mol. The summed E-state index contributed by atoms with van der Waals surface area (Å²) < 4.78 is 5.60. The summed E-state index contributed by atoms with van der Waals surface area (Å²) in [6, 6.07) is 11.0. The van der Waals surface area contributed by atoms with Crippen LogP contribution in [0.3, 0.4) is 0 Å². The van der Waals surface area contributed by atoms with E-state index in [1.54, 1.807) is 18.3 Å². The zero-order valence-electron chi connectivity index (χ0n) is 9.97. The van der Waals surface area contributed by atoms with Gasteiger partial charge in [-0.25, -0.2) is 4.98 Å². The van der Waals surface area contributed by atoms with Crippen LogP contribution in [0, 0.1) is 0 Å². The number of amides is 1. The van der Waals surface area contributed by atoms with Crippen LogP contribution in [-0.2, 0) is 11.2 Å². The molecule has 1 aliphatic heterocycles. The summed E-state index contributed by atoms with van der Waals surface area (Å²) in [6.45, 7) is 0. The van der Waals surface area contributed by atoms with Crippen LogP contribution in [0.4, 0.5) is 5.82 Å². The molecule has 0 fully saturated rings. The molecule has 1 unspecified atom stereocenters. The predicted molar refractivity (Wildman–Crippen MR) is 72.4 cm³/mol. The summed E-state index contributed by atoms with van der Waals surface area (Å²) in [7, 11) is 0. The number of hydrogen-bond donors (Lipinski definition) is 1. The second-order valence-corrected chi connectivity index (χ2v) is 4.65. The number of ether oxygens (including phenoxy) is 1. The van der Waals surface area contributed by atoms with Crippen molar-refractivity contribution in [2.45, 2.75) is 12.5 Å². The van der Waals surface area contributed by atoms with Gasteiger partial charge in [-0.15, -0.1) is 0 Å². The maximum atomic E-state index is 12.1. The highest BCUT2D eigenvalue weighted by atomic mass is 35.5. The van der Waals surface area contributed by atoms with E-state index in [0.717, 1.165) is 11.3 Å². The first-order chi connectivity index (χ1) is 9.24. The maximum Gasteiger partial charge on any atom is 0.266 e. The SMILES string of the molecule is O=C(Nc1ncccc1Cl)C1Cc2ccccc2O1. The highest BCUT2D eigenvalue weighted by Crippen LogP contribution is 2.29. The van der Waals surface area contributed by atoms with E-state index in [0.29, 0.717) is 17.3 Å². The average Bonchev–Trinajstić information content (AvgIpc) is 2.85. The van der Waals surface area contributed by atoms with Crippen LogP contribution in [-0.4, -0.2) is 17.0 Å². The highest BCUT2D eigenvalue weighted by molar-refractivity contribution is 6.33. The Kier molecular flexibility index (Phi) is 3.09. The summed E-state index contributed by atoms with van der Waals surface area (Å²) >= 11 is 5.95. The van der Waals surface area contributed by atoms with Crippen molar-refractivity contribution in [3.63, 3.8) is 0 Å². The molecule has 1 aromatic carbocycles. The lowest BCUT2D eigenvalue weighted by Gasteiger charge is -2.11. The summed E-state index contributed by atoms with van der Waals surface area (Å²) in [5, 5.41) is 3.09. The number of pyridine rings is 1. The zero-order chi connectivity index (χ0) is 13.2. The minimum Gasteiger partial charge on any atom is -0.480 e. The molecular formula is C14H11ClN2O2. The van der Waals surface area contributed by atoms with Gasteiger partial charge in [0.15, 0.2) is 11.9 Å². The van der Waals surface area contributed by atoms with Crippen LogP contribution in [0.1, 0.15) is 5.56 Å². The van der Waals surface area contributed by atoms with Gasteiger partial charge in [0.1, 0.15) is 5.75 Å². The Morgan fingerprint density at radius 2 is 2.16 bits per heavy atom. The predicted octanol–water partition coefficient (Wildman–Crippen LogP) is 2.68. The van der Waals surface area contributed by atoms with Gasteiger partial charge < -0.3 is 10.1 Å². The quantitative estimate of drug-likeness (QED) is 0.916. The molecule has 2 heterocycles. The lowest BCUT2D eigenvalue weighted by atomic mass is 10.1. The van der Waals surface area contributed by atoms with Crippen molar-refractivity contribution >= 4 is 23.3 Å². The lowest BCUT2D eigenvalue weighted by molar-refractivity contribution is -0.122. The van der Waals surface area contributed by atoms with Gasteiger partial charge in [0.05, 0.1) is 5.02 Å². The van der Waals surface area contributed by atoms with Crippen molar-refractivity contribution in [2.24, 2.45) is 0 Å². The van der Waals surface area contributed by atoms with E-state index in [1.807, 2.05) is 24.3 Å². The smallest absolute Gasteiger partial charge is 0.266 e. The fraction of sp³-hybridized carbons (Fsp3) is 0.143. The Balaban J connectivity index is 1.72. The molecule has 5 heteroatoms. The molecule has 0 radical (unpaired) electrons. The molecule has 0 saturated carbocycles. The number of para-hydroxylation sites is 1. The molecule has 1 atom stereocenters.